The summed E-state index contributed by atoms with van der Waals surface area (Å²) in [7, 11) is 5.31. The van der Waals surface area contributed by atoms with Gasteiger partial charge in [-0.2, -0.15) is 18.4 Å². The standard InChI is InChI=1S/C30H33F3N6O4/c1-19-25(27(41)43-4)26(24-12-11-20(18-34)16-21(24)8-6-13-39(2,3)14-7-15-40)38-28(35-36-29(38)42)37(19)23-10-5-9-22(17-23)30(31,32)33/h5,9-12,16-17,26,40H,6-8,13-15H2,1-4H3/p+1. The lowest BCUT2D eigenvalue weighted by Crippen LogP contribution is -2.41. The second kappa shape index (κ2) is 12.4. The van der Waals surface area contributed by atoms with Gasteiger partial charge >= 0.3 is 17.8 Å². The number of fused-ring (bicyclic) bond motifs is 1. The molecule has 228 valence electrons. The van der Waals surface area contributed by atoms with Gasteiger partial charge in [0, 0.05) is 30.8 Å². The van der Waals surface area contributed by atoms with Crippen molar-refractivity contribution in [3.63, 3.8) is 0 Å². The number of aromatic amines is 1. The molecular weight excluding hydrogens is 565 g/mol. The lowest BCUT2D eigenvalue weighted by molar-refractivity contribution is -0.890. The first kappa shape index (κ1) is 31.5. The van der Waals surface area contributed by atoms with Crippen molar-refractivity contribution in [3.05, 3.63) is 86.5 Å². The van der Waals surface area contributed by atoms with Gasteiger partial charge in [0.05, 0.1) is 57.1 Å². The molecule has 4 rings (SSSR count). The number of esters is 1. The first-order chi connectivity index (χ1) is 20.3. The van der Waals surface area contributed by atoms with Crippen LogP contribution in [0.5, 0.6) is 0 Å². The molecule has 0 saturated heterocycles. The molecule has 0 radical (unpaired) electrons. The van der Waals surface area contributed by atoms with E-state index in [4.69, 9.17) is 4.74 Å². The molecule has 1 aliphatic heterocycles. The number of allylic oxidation sites excluding steroid dienone is 1. The van der Waals surface area contributed by atoms with E-state index in [1.807, 2.05) is 0 Å². The van der Waals surface area contributed by atoms with Crippen LogP contribution in [0.25, 0.3) is 0 Å². The predicted molar refractivity (Wildman–Crippen MR) is 152 cm³/mol. The number of hydrogen-bond donors (Lipinski definition) is 2. The van der Waals surface area contributed by atoms with Gasteiger partial charge in [0.1, 0.15) is 6.04 Å². The summed E-state index contributed by atoms with van der Waals surface area (Å²) in [5.74, 6) is -0.771. The third-order valence-electron chi connectivity index (χ3n) is 7.68. The summed E-state index contributed by atoms with van der Waals surface area (Å²) in [5.41, 5.74) is 0.437. The molecule has 0 spiro atoms. The molecule has 3 aromatic rings. The van der Waals surface area contributed by atoms with Gasteiger partial charge < -0.3 is 14.3 Å². The number of aliphatic hydroxyl groups is 1. The molecule has 10 nitrogen and oxygen atoms in total. The van der Waals surface area contributed by atoms with Crippen LogP contribution in [-0.4, -0.2) is 71.2 Å². The van der Waals surface area contributed by atoms with Crippen molar-refractivity contribution in [1.29, 1.82) is 5.26 Å². The number of nitriles is 1. The molecule has 1 atom stereocenters. The smallest absolute Gasteiger partial charge is 0.416 e. The van der Waals surface area contributed by atoms with Crippen LogP contribution in [0.15, 0.2) is 58.5 Å². The number of alkyl halides is 3. The third-order valence-corrected chi connectivity index (χ3v) is 7.68. The summed E-state index contributed by atoms with van der Waals surface area (Å²) in [6, 6.07) is 10.6. The van der Waals surface area contributed by atoms with Crippen LogP contribution < -0.4 is 10.6 Å². The number of aromatic nitrogens is 3. The maximum absolute atomic E-state index is 13.6. The summed E-state index contributed by atoms with van der Waals surface area (Å²) >= 11 is 0. The monoisotopic (exact) mass is 599 g/mol. The lowest BCUT2D eigenvalue weighted by atomic mass is 9.88. The number of ether oxygens (including phenoxy) is 1. The normalized spacial score (nSPS) is 15.3. The van der Waals surface area contributed by atoms with Crippen LogP contribution >= 0.6 is 0 Å². The Bertz CT molecular complexity index is 1630. The first-order valence-electron chi connectivity index (χ1n) is 13.7. The van der Waals surface area contributed by atoms with Crippen molar-refractivity contribution in [1.82, 2.24) is 14.8 Å². The minimum absolute atomic E-state index is 0.00316. The van der Waals surface area contributed by atoms with Crippen LogP contribution in [0, 0.1) is 11.3 Å². The van der Waals surface area contributed by atoms with Gasteiger partial charge in [0.25, 0.3) is 0 Å². The summed E-state index contributed by atoms with van der Waals surface area (Å²) < 4.78 is 47.8. The Kier molecular flexibility index (Phi) is 9.12. The SMILES string of the molecule is COC(=O)C1=C(C)N(c2cccc(C(F)(F)F)c2)c2n[nH]c(=O)n2C1c1ccc(C#N)cc1CCC[N+](C)(C)CCCO. The van der Waals surface area contributed by atoms with E-state index in [0.717, 1.165) is 30.8 Å². The van der Waals surface area contributed by atoms with Crippen molar-refractivity contribution in [2.45, 2.75) is 38.4 Å². The zero-order valence-corrected chi connectivity index (χ0v) is 24.4. The van der Waals surface area contributed by atoms with E-state index in [9.17, 15) is 33.1 Å². The Morgan fingerprint density at radius 1 is 1.19 bits per heavy atom. The Morgan fingerprint density at radius 2 is 1.91 bits per heavy atom. The van der Waals surface area contributed by atoms with E-state index < -0.39 is 29.4 Å². The van der Waals surface area contributed by atoms with Gasteiger partial charge in [-0.3, -0.25) is 4.90 Å². The van der Waals surface area contributed by atoms with Gasteiger partial charge in [-0.05, 0) is 54.8 Å². The largest absolute Gasteiger partial charge is 0.466 e. The molecule has 1 aromatic heterocycles. The van der Waals surface area contributed by atoms with Crippen LogP contribution in [0.1, 0.15) is 48.1 Å². The quantitative estimate of drug-likeness (QED) is 0.266. The number of aryl methyl sites for hydroxylation is 1. The van der Waals surface area contributed by atoms with Gasteiger partial charge in [0.15, 0.2) is 0 Å². The number of quaternary nitrogens is 1. The van der Waals surface area contributed by atoms with Crippen LogP contribution in [0.2, 0.25) is 0 Å². The molecule has 13 heteroatoms. The van der Waals surface area contributed by atoms with Crippen molar-refractivity contribution in [2.24, 2.45) is 0 Å². The highest BCUT2D eigenvalue weighted by Crippen LogP contribution is 2.43. The fourth-order valence-electron chi connectivity index (χ4n) is 5.55. The maximum atomic E-state index is 13.6. The van der Waals surface area contributed by atoms with Crippen molar-refractivity contribution in [2.75, 3.05) is 45.8 Å². The number of nitrogens with one attached hydrogen (secondary N) is 1. The average Bonchev–Trinajstić information content (AvgIpc) is 3.35. The zero-order valence-electron chi connectivity index (χ0n) is 24.4. The van der Waals surface area contributed by atoms with Crippen molar-refractivity contribution >= 4 is 17.6 Å². The zero-order chi connectivity index (χ0) is 31.5. The Morgan fingerprint density at radius 3 is 2.56 bits per heavy atom. The van der Waals surface area contributed by atoms with E-state index in [1.54, 1.807) is 25.1 Å². The van der Waals surface area contributed by atoms with E-state index in [0.29, 0.717) is 34.9 Å². The summed E-state index contributed by atoms with van der Waals surface area (Å²) in [4.78, 5) is 28.0. The Balaban J connectivity index is 1.88. The van der Waals surface area contributed by atoms with Crippen LogP contribution in [-0.2, 0) is 22.1 Å². The highest BCUT2D eigenvalue weighted by atomic mass is 19.4. The van der Waals surface area contributed by atoms with Crippen LogP contribution in [0.3, 0.4) is 0 Å². The fourth-order valence-corrected chi connectivity index (χ4v) is 5.55. The molecule has 0 fully saturated rings. The average molecular weight is 600 g/mol. The molecule has 1 aliphatic rings. The highest BCUT2D eigenvalue weighted by molar-refractivity contribution is 5.93. The number of hydrogen-bond acceptors (Lipinski definition) is 7. The highest BCUT2D eigenvalue weighted by Gasteiger charge is 2.41. The molecule has 2 aromatic carbocycles. The molecule has 0 amide bonds. The van der Waals surface area contributed by atoms with E-state index in [2.05, 4.69) is 30.4 Å². The summed E-state index contributed by atoms with van der Waals surface area (Å²) in [6.45, 7) is 3.20. The van der Waals surface area contributed by atoms with E-state index in [-0.39, 0.29) is 29.5 Å². The fraction of sp³-hybridized carbons (Fsp3) is 0.400. The Hall–Kier alpha value is -4.41. The molecule has 2 heterocycles. The number of aliphatic hydroxyl groups excluding tert-OH is 1. The van der Waals surface area contributed by atoms with E-state index in [1.165, 1.54) is 28.7 Å². The van der Waals surface area contributed by atoms with Crippen LogP contribution in [0.4, 0.5) is 24.8 Å². The topological polar surface area (TPSA) is 124 Å². The molecule has 1 unspecified atom stereocenters. The van der Waals surface area contributed by atoms with E-state index >= 15 is 0 Å². The summed E-state index contributed by atoms with van der Waals surface area (Å²) in [6.07, 6.45) is -2.75. The molecule has 43 heavy (non-hydrogen) atoms. The first-order valence-corrected chi connectivity index (χ1v) is 13.7. The second-order valence-corrected chi connectivity index (χ2v) is 11.1. The van der Waals surface area contributed by atoms with Gasteiger partial charge in [-0.25, -0.2) is 19.3 Å². The predicted octanol–water partition coefficient (Wildman–Crippen LogP) is 4.04. The number of rotatable bonds is 10. The van der Waals surface area contributed by atoms with Crippen molar-refractivity contribution in [3.8, 4) is 6.07 Å². The van der Waals surface area contributed by atoms with Crippen molar-refractivity contribution < 1.29 is 32.3 Å². The molecule has 0 aliphatic carbocycles. The number of anilines is 2. The molecule has 2 N–H and O–H groups in total. The number of carbonyl (C=O) groups is 1. The summed E-state index contributed by atoms with van der Waals surface area (Å²) in [5, 5.41) is 25.4. The number of halogens is 3. The number of H-pyrrole nitrogens is 1. The number of carbonyl (C=O) groups excluding carboxylic acids is 1. The lowest BCUT2D eigenvalue weighted by Gasteiger charge is -2.36. The van der Waals surface area contributed by atoms with Gasteiger partial charge in [-0.15, -0.1) is 5.10 Å². The van der Waals surface area contributed by atoms with Gasteiger partial charge in [0.2, 0.25) is 5.95 Å². The molecule has 0 bridgehead atoms. The minimum Gasteiger partial charge on any atom is -0.466 e. The third kappa shape index (κ3) is 6.50. The second-order valence-electron chi connectivity index (χ2n) is 11.1. The Labute approximate surface area is 246 Å². The minimum atomic E-state index is -4.62. The maximum Gasteiger partial charge on any atom is 0.416 e. The molecule has 0 saturated carbocycles. The number of methoxy groups -OCH3 is 1. The number of nitrogens with zero attached hydrogens (tertiary/aromatic N) is 5. The number of benzene rings is 2. The molecular formula is C30H34F3N6O4+. The van der Waals surface area contributed by atoms with Gasteiger partial charge in [-0.1, -0.05) is 12.1 Å².